The number of pyridine rings is 1. The Hall–Kier alpha value is -1.93. The van der Waals surface area contributed by atoms with Crippen LogP contribution < -0.4 is 0 Å². The van der Waals surface area contributed by atoms with E-state index in [4.69, 9.17) is 12.2 Å². The Morgan fingerprint density at radius 3 is 2.50 bits per heavy atom. The van der Waals surface area contributed by atoms with Gasteiger partial charge in [0.05, 0.1) is 0 Å². The Bertz CT molecular complexity index is 757. The first kappa shape index (κ1) is 11.2. The first-order chi connectivity index (χ1) is 8.75. The SMILES string of the molecule is Cc1cccc2c(-c3ccccc3)cc(=S)[nH]c12. The van der Waals surface area contributed by atoms with Gasteiger partial charge in [0.2, 0.25) is 0 Å². The van der Waals surface area contributed by atoms with Crippen molar-refractivity contribution in [3.8, 4) is 11.1 Å². The van der Waals surface area contributed by atoms with Crippen LogP contribution in [0.1, 0.15) is 5.56 Å². The molecule has 0 saturated carbocycles. The summed E-state index contributed by atoms with van der Waals surface area (Å²) in [6.45, 7) is 2.10. The first-order valence-electron chi connectivity index (χ1n) is 5.94. The number of aromatic nitrogens is 1. The lowest BCUT2D eigenvalue weighted by atomic mass is 10.00. The van der Waals surface area contributed by atoms with Crippen molar-refractivity contribution in [2.45, 2.75) is 6.92 Å². The lowest BCUT2D eigenvalue weighted by Crippen LogP contribution is -1.88. The quantitative estimate of drug-likeness (QED) is 0.610. The maximum absolute atomic E-state index is 5.33. The van der Waals surface area contributed by atoms with Crippen LogP contribution in [0.4, 0.5) is 0 Å². The Balaban J connectivity index is 2.43. The third-order valence-electron chi connectivity index (χ3n) is 3.17. The van der Waals surface area contributed by atoms with Crippen LogP contribution in [0.3, 0.4) is 0 Å². The fourth-order valence-electron chi connectivity index (χ4n) is 2.28. The second-order valence-corrected chi connectivity index (χ2v) is 4.85. The summed E-state index contributed by atoms with van der Waals surface area (Å²) >= 11 is 5.33. The predicted molar refractivity (Wildman–Crippen MR) is 79.3 cm³/mol. The summed E-state index contributed by atoms with van der Waals surface area (Å²) in [5.74, 6) is 0. The number of aromatic amines is 1. The number of benzene rings is 2. The normalized spacial score (nSPS) is 10.7. The van der Waals surface area contributed by atoms with Gasteiger partial charge in [0.1, 0.15) is 4.64 Å². The molecule has 0 saturated heterocycles. The summed E-state index contributed by atoms with van der Waals surface area (Å²) in [7, 11) is 0. The van der Waals surface area contributed by atoms with Gasteiger partial charge >= 0.3 is 0 Å². The Morgan fingerprint density at radius 1 is 0.944 bits per heavy atom. The topological polar surface area (TPSA) is 15.8 Å². The minimum Gasteiger partial charge on any atom is -0.346 e. The lowest BCUT2D eigenvalue weighted by molar-refractivity contribution is 1.34. The summed E-state index contributed by atoms with van der Waals surface area (Å²) in [4.78, 5) is 3.28. The van der Waals surface area contributed by atoms with Gasteiger partial charge in [0.25, 0.3) is 0 Å². The molecule has 0 radical (unpaired) electrons. The van der Waals surface area contributed by atoms with E-state index in [0.717, 1.165) is 10.2 Å². The van der Waals surface area contributed by atoms with Crippen molar-refractivity contribution in [1.29, 1.82) is 0 Å². The number of nitrogens with one attached hydrogen (secondary N) is 1. The van der Waals surface area contributed by atoms with Gasteiger partial charge in [0.15, 0.2) is 0 Å². The van der Waals surface area contributed by atoms with E-state index < -0.39 is 0 Å². The molecule has 1 aromatic heterocycles. The van der Waals surface area contributed by atoms with Crippen LogP contribution >= 0.6 is 12.2 Å². The fraction of sp³-hybridized carbons (Fsp3) is 0.0625. The maximum Gasteiger partial charge on any atom is 0.104 e. The Kier molecular flexibility index (Phi) is 2.73. The maximum atomic E-state index is 5.33. The largest absolute Gasteiger partial charge is 0.346 e. The molecule has 1 N–H and O–H groups in total. The Labute approximate surface area is 111 Å². The highest BCUT2D eigenvalue weighted by Gasteiger charge is 2.05. The molecular formula is C16H13NS. The second kappa shape index (κ2) is 4.39. The molecule has 88 valence electrons. The fourth-order valence-corrected chi connectivity index (χ4v) is 2.50. The van der Waals surface area contributed by atoms with E-state index in [9.17, 15) is 0 Å². The van der Waals surface area contributed by atoms with Crippen LogP contribution in [0, 0.1) is 11.6 Å². The summed E-state index contributed by atoms with van der Waals surface area (Å²) in [6.07, 6.45) is 0. The molecule has 0 fully saturated rings. The molecule has 18 heavy (non-hydrogen) atoms. The van der Waals surface area contributed by atoms with Crippen LogP contribution in [-0.4, -0.2) is 4.98 Å². The van der Waals surface area contributed by atoms with Gasteiger partial charge < -0.3 is 4.98 Å². The molecule has 0 aliphatic carbocycles. The van der Waals surface area contributed by atoms with E-state index in [1.165, 1.54) is 22.1 Å². The van der Waals surface area contributed by atoms with Crippen molar-refractivity contribution >= 4 is 23.1 Å². The van der Waals surface area contributed by atoms with E-state index in [-0.39, 0.29) is 0 Å². The number of aryl methyl sites for hydroxylation is 1. The van der Waals surface area contributed by atoms with Crippen LogP contribution in [0.5, 0.6) is 0 Å². The number of H-pyrrole nitrogens is 1. The van der Waals surface area contributed by atoms with Gasteiger partial charge in [-0.1, -0.05) is 60.7 Å². The predicted octanol–water partition coefficient (Wildman–Crippen LogP) is 4.87. The van der Waals surface area contributed by atoms with Crippen molar-refractivity contribution in [2.75, 3.05) is 0 Å². The highest BCUT2D eigenvalue weighted by molar-refractivity contribution is 7.71. The minimum absolute atomic E-state index is 0.774. The molecule has 2 heteroatoms. The van der Waals surface area contributed by atoms with E-state index in [1.807, 2.05) is 12.1 Å². The van der Waals surface area contributed by atoms with Crippen molar-refractivity contribution < 1.29 is 0 Å². The molecule has 3 rings (SSSR count). The van der Waals surface area contributed by atoms with Gasteiger partial charge in [-0.3, -0.25) is 0 Å². The summed E-state index contributed by atoms with van der Waals surface area (Å²) in [6, 6.07) is 18.7. The zero-order valence-electron chi connectivity index (χ0n) is 10.1. The third-order valence-corrected chi connectivity index (χ3v) is 3.39. The second-order valence-electron chi connectivity index (χ2n) is 4.41. The van der Waals surface area contributed by atoms with Gasteiger partial charge in [0, 0.05) is 10.9 Å². The van der Waals surface area contributed by atoms with E-state index in [2.05, 4.69) is 54.4 Å². The summed E-state index contributed by atoms with van der Waals surface area (Å²) < 4.78 is 0.774. The average Bonchev–Trinajstić information content (AvgIpc) is 2.40. The van der Waals surface area contributed by atoms with Crippen LogP contribution in [-0.2, 0) is 0 Å². The van der Waals surface area contributed by atoms with Gasteiger partial charge in [-0.05, 0) is 29.7 Å². The number of rotatable bonds is 1. The average molecular weight is 251 g/mol. The number of para-hydroxylation sites is 1. The first-order valence-corrected chi connectivity index (χ1v) is 6.34. The van der Waals surface area contributed by atoms with Crippen molar-refractivity contribution in [3.05, 3.63) is 64.8 Å². The molecule has 0 aliphatic heterocycles. The Morgan fingerprint density at radius 2 is 1.72 bits per heavy atom. The van der Waals surface area contributed by atoms with E-state index in [1.54, 1.807) is 0 Å². The molecule has 1 nitrogen and oxygen atoms in total. The molecule has 0 unspecified atom stereocenters. The van der Waals surface area contributed by atoms with Crippen molar-refractivity contribution in [1.82, 2.24) is 4.98 Å². The van der Waals surface area contributed by atoms with E-state index >= 15 is 0 Å². The van der Waals surface area contributed by atoms with Crippen molar-refractivity contribution in [2.24, 2.45) is 0 Å². The zero-order chi connectivity index (χ0) is 12.5. The lowest BCUT2D eigenvalue weighted by Gasteiger charge is -2.09. The highest BCUT2D eigenvalue weighted by Crippen LogP contribution is 2.28. The number of fused-ring (bicyclic) bond motifs is 1. The van der Waals surface area contributed by atoms with Crippen LogP contribution in [0.2, 0.25) is 0 Å². The zero-order valence-corrected chi connectivity index (χ0v) is 10.9. The molecule has 0 aliphatic rings. The molecule has 0 atom stereocenters. The molecule has 1 heterocycles. The third kappa shape index (κ3) is 1.85. The molecule has 3 aromatic rings. The number of hydrogen-bond donors (Lipinski definition) is 1. The van der Waals surface area contributed by atoms with Crippen molar-refractivity contribution in [3.63, 3.8) is 0 Å². The molecule has 0 spiro atoms. The van der Waals surface area contributed by atoms with Gasteiger partial charge in [-0.25, -0.2) is 0 Å². The summed E-state index contributed by atoms with van der Waals surface area (Å²) in [5, 5.41) is 1.22. The molecule has 0 bridgehead atoms. The van der Waals surface area contributed by atoms with Crippen LogP contribution in [0.15, 0.2) is 54.6 Å². The highest BCUT2D eigenvalue weighted by atomic mass is 32.1. The van der Waals surface area contributed by atoms with Gasteiger partial charge in [-0.2, -0.15) is 0 Å². The molecule has 2 aromatic carbocycles. The monoisotopic (exact) mass is 251 g/mol. The molecular weight excluding hydrogens is 238 g/mol. The minimum atomic E-state index is 0.774. The standard InChI is InChI=1S/C16H13NS/c1-11-6-5-9-13-14(10-15(18)17-16(11)13)12-7-3-2-4-8-12/h2-10H,1H3,(H,17,18). The van der Waals surface area contributed by atoms with Gasteiger partial charge in [-0.15, -0.1) is 0 Å². The smallest absolute Gasteiger partial charge is 0.104 e. The molecule has 0 amide bonds. The van der Waals surface area contributed by atoms with Crippen LogP contribution in [0.25, 0.3) is 22.0 Å². The van der Waals surface area contributed by atoms with E-state index in [0.29, 0.717) is 0 Å². The summed E-state index contributed by atoms with van der Waals surface area (Å²) in [5.41, 5.74) is 4.74. The number of hydrogen-bond acceptors (Lipinski definition) is 1.